The van der Waals surface area contributed by atoms with E-state index < -0.39 is 0 Å². The highest BCUT2D eigenvalue weighted by atomic mass is 16.5. The molecule has 0 heterocycles. The summed E-state index contributed by atoms with van der Waals surface area (Å²) in [5.74, 6) is 0.228. The second-order valence-electron chi connectivity index (χ2n) is 4.45. The summed E-state index contributed by atoms with van der Waals surface area (Å²) in [4.78, 5) is 11.1. The predicted molar refractivity (Wildman–Crippen MR) is 63.2 cm³/mol. The highest BCUT2D eigenvalue weighted by Gasteiger charge is 2.28. The molecule has 0 bridgehead atoms. The number of hydrogen-bond donors (Lipinski definition) is 0. The summed E-state index contributed by atoms with van der Waals surface area (Å²) >= 11 is 0. The Balaban J connectivity index is 2.13. The SMILES string of the molecule is CC(=O)OC1CCCC[C@H]1c1ccccc1. The van der Waals surface area contributed by atoms with E-state index in [0.717, 1.165) is 12.8 Å². The summed E-state index contributed by atoms with van der Waals surface area (Å²) in [6.07, 6.45) is 4.60. The zero-order valence-electron chi connectivity index (χ0n) is 9.69. The second kappa shape index (κ2) is 5.15. The van der Waals surface area contributed by atoms with Gasteiger partial charge in [-0.15, -0.1) is 0 Å². The van der Waals surface area contributed by atoms with Crippen LogP contribution >= 0.6 is 0 Å². The van der Waals surface area contributed by atoms with Crippen molar-refractivity contribution in [3.8, 4) is 0 Å². The van der Waals surface area contributed by atoms with E-state index in [1.807, 2.05) is 6.07 Å². The van der Waals surface area contributed by atoms with Gasteiger partial charge < -0.3 is 4.74 Å². The first-order chi connectivity index (χ1) is 7.77. The number of carbonyl (C=O) groups excluding carboxylic acids is 1. The van der Waals surface area contributed by atoms with E-state index in [1.54, 1.807) is 0 Å². The molecule has 1 aromatic rings. The van der Waals surface area contributed by atoms with Gasteiger partial charge in [0.2, 0.25) is 0 Å². The van der Waals surface area contributed by atoms with Crippen molar-refractivity contribution in [2.75, 3.05) is 0 Å². The number of rotatable bonds is 2. The number of hydrogen-bond acceptors (Lipinski definition) is 2. The van der Waals surface area contributed by atoms with Crippen molar-refractivity contribution < 1.29 is 9.53 Å². The van der Waals surface area contributed by atoms with Gasteiger partial charge in [-0.2, -0.15) is 0 Å². The van der Waals surface area contributed by atoms with Gasteiger partial charge in [0.25, 0.3) is 0 Å². The van der Waals surface area contributed by atoms with E-state index in [2.05, 4.69) is 24.3 Å². The Labute approximate surface area is 96.6 Å². The van der Waals surface area contributed by atoms with Crippen molar-refractivity contribution in [3.63, 3.8) is 0 Å². The van der Waals surface area contributed by atoms with E-state index >= 15 is 0 Å². The van der Waals surface area contributed by atoms with E-state index in [1.165, 1.54) is 25.3 Å². The molecule has 0 aliphatic heterocycles. The van der Waals surface area contributed by atoms with Crippen LogP contribution in [0.2, 0.25) is 0 Å². The van der Waals surface area contributed by atoms with Gasteiger partial charge >= 0.3 is 5.97 Å². The number of benzene rings is 1. The van der Waals surface area contributed by atoms with Crippen LogP contribution in [0.3, 0.4) is 0 Å². The minimum Gasteiger partial charge on any atom is -0.462 e. The van der Waals surface area contributed by atoms with Gasteiger partial charge in [0.1, 0.15) is 6.10 Å². The van der Waals surface area contributed by atoms with Crippen LogP contribution in [0.5, 0.6) is 0 Å². The third kappa shape index (κ3) is 2.63. The summed E-state index contributed by atoms with van der Waals surface area (Å²) in [6.45, 7) is 1.50. The largest absolute Gasteiger partial charge is 0.462 e. The van der Waals surface area contributed by atoms with Crippen LogP contribution in [0.4, 0.5) is 0 Å². The Morgan fingerprint density at radius 1 is 1.19 bits per heavy atom. The smallest absolute Gasteiger partial charge is 0.302 e. The molecule has 86 valence electrons. The molecule has 0 aromatic heterocycles. The first kappa shape index (κ1) is 11.2. The fourth-order valence-corrected chi connectivity index (χ4v) is 2.53. The summed E-state index contributed by atoms with van der Waals surface area (Å²) in [5.41, 5.74) is 1.30. The van der Waals surface area contributed by atoms with Gasteiger partial charge in [-0.1, -0.05) is 36.8 Å². The van der Waals surface area contributed by atoms with Crippen molar-refractivity contribution in [3.05, 3.63) is 35.9 Å². The lowest BCUT2D eigenvalue weighted by Crippen LogP contribution is -2.27. The van der Waals surface area contributed by atoms with Crippen molar-refractivity contribution in [1.82, 2.24) is 0 Å². The van der Waals surface area contributed by atoms with Crippen LogP contribution in [0.25, 0.3) is 0 Å². The molecule has 1 aromatic carbocycles. The first-order valence-electron chi connectivity index (χ1n) is 5.99. The minimum absolute atomic E-state index is 0.0775. The normalized spacial score (nSPS) is 25.1. The van der Waals surface area contributed by atoms with E-state index in [4.69, 9.17) is 4.74 Å². The highest BCUT2D eigenvalue weighted by Crippen LogP contribution is 2.34. The van der Waals surface area contributed by atoms with E-state index in [-0.39, 0.29) is 12.1 Å². The quantitative estimate of drug-likeness (QED) is 0.712. The molecule has 2 rings (SSSR count). The predicted octanol–water partition coefficient (Wildman–Crippen LogP) is 3.28. The topological polar surface area (TPSA) is 26.3 Å². The van der Waals surface area contributed by atoms with E-state index in [0.29, 0.717) is 5.92 Å². The van der Waals surface area contributed by atoms with Crippen molar-refractivity contribution in [1.29, 1.82) is 0 Å². The third-order valence-electron chi connectivity index (χ3n) is 3.25. The van der Waals surface area contributed by atoms with Crippen LogP contribution in [0.15, 0.2) is 30.3 Å². The van der Waals surface area contributed by atoms with Crippen molar-refractivity contribution >= 4 is 5.97 Å². The molecule has 1 unspecified atom stereocenters. The number of carbonyl (C=O) groups is 1. The molecule has 1 fully saturated rings. The highest BCUT2D eigenvalue weighted by molar-refractivity contribution is 5.66. The number of esters is 1. The summed E-state index contributed by atoms with van der Waals surface area (Å²) < 4.78 is 5.42. The lowest BCUT2D eigenvalue weighted by molar-refractivity contribution is -0.148. The Morgan fingerprint density at radius 3 is 2.56 bits per heavy atom. The maximum Gasteiger partial charge on any atom is 0.302 e. The second-order valence-corrected chi connectivity index (χ2v) is 4.45. The average molecular weight is 218 g/mol. The fraction of sp³-hybridized carbons (Fsp3) is 0.500. The van der Waals surface area contributed by atoms with Crippen LogP contribution in [-0.2, 0) is 9.53 Å². The molecule has 2 atom stereocenters. The lowest BCUT2D eigenvalue weighted by Gasteiger charge is -2.31. The first-order valence-corrected chi connectivity index (χ1v) is 5.99. The monoisotopic (exact) mass is 218 g/mol. The fourth-order valence-electron chi connectivity index (χ4n) is 2.53. The molecule has 0 spiro atoms. The Hall–Kier alpha value is -1.31. The Bertz CT molecular complexity index is 345. The summed E-state index contributed by atoms with van der Waals surface area (Å²) in [7, 11) is 0. The molecule has 2 nitrogen and oxygen atoms in total. The van der Waals surface area contributed by atoms with Crippen molar-refractivity contribution in [2.24, 2.45) is 0 Å². The van der Waals surface area contributed by atoms with Crippen LogP contribution in [0, 0.1) is 0 Å². The van der Waals surface area contributed by atoms with Gasteiger partial charge in [0, 0.05) is 12.8 Å². The lowest BCUT2D eigenvalue weighted by atomic mass is 9.81. The Morgan fingerprint density at radius 2 is 1.88 bits per heavy atom. The zero-order chi connectivity index (χ0) is 11.4. The molecule has 1 aliphatic rings. The van der Waals surface area contributed by atoms with E-state index in [9.17, 15) is 4.79 Å². The molecule has 0 amide bonds. The molecular weight excluding hydrogens is 200 g/mol. The maximum absolute atomic E-state index is 11.1. The van der Waals surface area contributed by atoms with Gasteiger partial charge in [-0.3, -0.25) is 4.79 Å². The van der Waals surface area contributed by atoms with Gasteiger partial charge in [0.15, 0.2) is 0 Å². The summed E-state index contributed by atoms with van der Waals surface area (Å²) in [6, 6.07) is 10.4. The number of ether oxygens (including phenoxy) is 1. The van der Waals surface area contributed by atoms with Gasteiger partial charge in [-0.25, -0.2) is 0 Å². The molecule has 1 aliphatic carbocycles. The van der Waals surface area contributed by atoms with Crippen LogP contribution in [0.1, 0.15) is 44.1 Å². The molecule has 0 radical (unpaired) electrons. The van der Waals surface area contributed by atoms with Crippen molar-refractivity contribution in [2.45, 2.75) is 44.6 Å². The summed E-state index contributed by atoms with van der Waals surface area (Å²) in [5, 5.41) is 0. The molecule has 0 N–H and O–H groups in total. The molecule has 2 heteroatoms. The maximum atomic E-state index is 11.1. The van der Waals surface area contributed by atoms with Gasteiger partial charge in [-0.05, 0) is 24.8 Å². The third-order valence-corrected chi connectivity index (χ3v) is 3.25. The molecule has 0 saturated heterocycles. The van der Waals surface area contributed by atoms with Gasteiger partial charge in [0.05, 0.1) is 0 Å². The van der Waals surface area contributed by atoms with Crippen LogP contribution in [-0.4, -0.2) is 12.1 Å². The average Bonchev–Trinajstić information content (AvgIpc) is 2.30. The molecular formula is C14H18O2. The Kier molecular flexibility index (Phi) is 3.60. The zero-order valence-corrected chi connectivity index (χ0v) is 9.69. The molecule has 16 heavy (non-hydrogen) atoms. The van der Waals surface area contributed by atoms with Crippen LogP contribution < -0.4 is 0 Å². The molecule has 1 saturated carbocycles. The standard InChI is InChI=1S/C14H18O2/c1-11(15)16-14-10-6-5-9-13(14)12-7-3-2-4-8-12/h2-4,7-8,13-14H,5-6,9-10H2,1H3/t13-,14?/m0/s1. The minimum atomic E-state index is -0.159.